The molecular weight excluding hydrogens is 244 g/mol. The van der Waals surface area contributed by atoms with E-state index in [9.17, 15) is 20.1 Å². The second kappa shape index (κ2) is 5.99. The summed E-state index contributed by atoms with van der Waals surface area (Å²) in [5, 5.41) is 30.3. The van der Waals surface area contributed by atoms with Crippen LogP contribution in [0.4, 0.5) is 0 Å². The van der Waals surface area contributed by atoms with Crippen LogP contribution in [-0.2, 0) is 4.79 Å². The SMILES string of the molecule is CC(C)=C1C[C@@H](O)[C@@](C)(O)CC[C@H](O)/C(C)=C\C1=O. The topological polar surface area (TPSA) is 77.8 Å². The van der Waals surface area contributed by atoms with Gasteiger partial charge in [0.1, 0.15) is 0 Å². The lowest BCUT2D eigenvalue weighted by Crippen LogP contribution is -2.41. The summed E-state index contributed by atoms with van der Waals surface area (Å²) in [5.41, 5.74) is 0.607. The van der Waals surface area contributed by atoms with Crippen molar-refractivity contribution in [1.29, 1.82) is 0 Å². The van der Waals surface area contributed by atoms with Crippen LogP contribution in [0.15, 0.2) is 22.8 Å². The zero-order valence-corrected chi connectivity index (χ0v) is 12.1. The predicted octanol–water partition coefficient (Wildman–Crippen LogP) is 1.49. The molecule has 1 aliphatic rings. The van der Waals surface area contributed by atoms with Gasteiger partial charge in [-0.1, -0.05) is 5.57 Å². The molecule has 108 valence electrons. The number of hydrogen-bond donors (Lipinski definition) is 3. The highest BCUT2D eigenvalue weighted by Gasteiger charge is 2.33. The minimum absolute atomic E-state index is 0.133. The van der Waals surface area contributed by atoms with Crippen molar-refractivity contribution < 1.29 is 20.1 Å². The monoisotopic (exact) mass is 268 g/mol. The van der Waals surface area contributed by atoms with E-state index in [1.807, 2.05) is 0 Å². The van der Waals surface area contributed by atoms with Crippen molar-refractivity contribution in [2.75, 3.05) is 0 Å². The van der Waals surface area contributed by atoms with Crippen LogP contribution >= 0.6 is 0 Å². The van der Waals surface area contributed by atoms with Gasteiger partial charge in [0.15, 0.2) is 5.78 Å². The van der Waals surface area contributed by atoms with Crippen LogP contribution in [0, 0.1) is 0 Å². The van der Waals surface area contributed by atoms with E-state index in [1.165, 1.54) is 13.0 Å². The van der Waals surface area contributed by atoms with Gasteiger partial charge in [-0.3, -0.25) is 4.79 Å². The Bertz CT molecular complexity index is 414. The molecule has 0 saturated carbocycles. The lowest BCUT2D eigenvalue weighted by molar-refractivity contribution is -0.113. The van der Waals surface area contributed by atoms with Gasteiger partial charge in [-0.2, -0.15) is 0 Å². The summed E-state index contributed by atoms with van der Waals surface area (Å²) in [6.07, 6.45) is 0.391. The molecule has 1 rings (SSSR count). The van der Waals surface area contributed by atoms with Crippen molar-refractivity contribution in [2.24, 2.45) is 0 Å². The number of rotatable bonds is 0. The zero-order chi connectivity index (χ0) is 14.8. The van der Waals surface area contributed by atoms with E-state index < -0.39 is 17.8 Å². The quantitative estimate of drug-likeness (QED) is 0.582. The summed E-state index contributed by atoms with van der Waals surface area (Å²) in [4.78, 5) is 12.1. The van der Waals surface area contributed by atoms with Gasteiger partial charge in [0.25, 0.3) is 0 Å². The van der Waals surface area contributed by atoms with Crippen molar-refractivity contribution in [3.63, 3.8) is 0 Å². The Hall–Kier alpha value is -0.970. The summed E-state index contributed by atoms with van der Waals surface area (Å²) < 4.78 is 0. The highest BCUT2D eigenvalue weighted by molar-refractivity contribution is 6.04. The molecule has 0 aromatic heterocycles. The van der Waals surface area contributed by atoms with Gasteiger partial charge in [0.2, 0.25) is 0 Å². The molecule has 0 saturated heterocycles. The Labute approximate surface area is 114 Å². The van der Waals surface area contributed by atoms with Crippen LogP contribution in [0.1, 0.15) is 47.0 Å². The fourth-order valence-corrected chi connectivity index (χ4v) is 2.18. The number of hydrogen-bond acceptors (Lipinski definition) is 4. The Morgan fingerprint density at radius 2 is 1.95 bits per heavy atom. The van der Waals surface area contributed by atoms with Crippen LogP contribution < -0.4 is 0 Å². The maximum absolute atomic E-state index is 12.1. The van der Waals surface area contributed by atoms with Crippen molar-refractivity contribution in [2.45, 2.75) is 64.8 Å². The molecule has 4 heteroatoms. The molecule has 3 atom stereocenters. The average Bonchev–Trinajstić information content (AvgIpc) is 2.30. The first-order chi connectivity index (χ1) is 8.65. The van der Waals surface area contributed by atoms with Crippen molar-refractivity contribution in [3.8, 4) is 0 Å². The number of ketones is 1. The maximum Gasteiger partial charge on any atom is 0.181 e. The standard InChI is InChI=1S/C15H24O4/c1-9(2)11-8-14(18)15(4,19)6-5-12(16)10(3)7-13(11)17/h7,12,14,16,18-19H,5-6,8H2,1-4H3/b10-7-/t12-,14+,15-/m0/s1. The molecule has 0 unspecified atom stereocenters. The van der Waals surface area contributed by atoms with Gasteiger partial charge in [0.05, 0.1) is 17.8 Å². The van der Waals surface area contributed by atoms with Crippen LogP contribution in [-0.4, -0.2) is 38.9 Å². The smallest absolute Gasteiger partial charge is 0.181 e. The molecule has 3 N–H and O–H groups in total. The third-order valence-electron chi connectivity index (χ3n) is 3.82. The summed E-state index contributed by atoms with van der Waals surface area (Å²) in [5.74, 6) is -0.201. The van der Waals surface area contributed by atoms with Crippen LogP contribution in [0.2, 0.25) is 0 Å². The molecule has 0 fully saturated rings. The molecule has 0 aromatic rings. The molecule has 0 aliphatic heterocycles. The Morgan fingerprint density at radius 3 is 2.47 bits per heavy atom. The fourth-order valence-electron chi connectivity index (χ4n) is 2.18. The normalized spacial score (nSPS) is 36.7. The number of aliphatic hydroxyl groups is 3. The molecule has 0 aromatic carbocycles. The summed E-state index contributed by atoms with van der Waals surface area (Å²) in [6, 6.07) is 0. The van der Waals surface area contributed by atoms with Crippen molar-refractivity contribution >= 4 is 5.78 Å². The number of allylic oxidation sites excluding steroid dienone is 2. The predicted molar refractivity (Wildman–Crippen MR) is 73.6 cm³/mol. The third-order valence-corrected chi connectivity index (χ3v) is 3.82. The van der Waals surface area contributed by atoms with Crippen LogP contribution in [0.25, 0.3) is 0 Å². The van der Waals surface area contributed by atoms with E-state index in [-0.39, 0.29) is 18.6 Å². The molecule has 4 nitrogen and oxygen atoms in total. The Morgan fingerprint density at radius 1 is 1.37 bits per heavy atom. The molecule has 1 aliphatic carbocycles. The second-order valence-corrected chi connectivity index (χ2v) is 5.86. The van der Waals surface area contributed by atoms with E-state index in [2.05, 4.69) is 0 Å². The molecule has 0 amide bonds. The Kier molecular flexibility index (Phi) is 5.07. The fraction of sp³-hybridized carbons (Fsp3) is 0.667. The summed E-state index contributed by atoms with van der Waals surface area (Å²) >= 11 is 0. The van der Waals surface area contributed by atoms with E-state index in [1.54, 1.807) is 20.8 Å². The average molecular weight is 268 g/mol. The summed E-state index contributed by atoms with van der Waals surface area (Å²) in [7, 11) is 0. The van der Waals surface area contributed by atoms with Crippen LogP contribution in [0.3, 0.4) is 0 Å². The van der Waals surface area contributed by atoms with Gasteiger partial charge in [-0.25, -0.2) is 0 Å². The molecule has 0 bridgehead atoms. The van der Waals surface area contributed by atoms with E-state index in [0.29, 0.717) is 17.6 Å². The number of aliphatic hydroxyl groups excluding tert-OH is 2. The first-order valence-electron chi connectivity index (χ1n) is 6.62. The Balaban J connectivity index is 3.21. The molecule has 0 spiro atoms. The lowest BCUT2D eigenvalue weighted by atomic mass is 9.84. The lowest BCUT2D eigenvalue weighted by Gasteiger charge is -2.31. The zero-order valence-electron chi connectivity index (χ0n) is 12.1. The summed E-state index contributed by atoms with van der Waals surface area (Å²) in [6.45, 7) is 6.86. The van der Waals surface area contributed by atoms with E-state index in [4.69, 9.17) is 0 Å². The van der Waals surface area contributed by atoms with Gasteiger partial charge in [-0.15, -0.1) is 0 Å². The van der Waals surface area contributed by atoms with Gasteiger partial charge < -0.3 is 15.3 Å². The highest BCUT2D eigenvalue weighted by atomic mass is 16.3. The van der Waals surface area contributed by atoms with Crippen molar-refractivity contribution in [3.05, 3.63) is 22.8 Å². The van der Waals surface area contributed by atoms with Crippen LogP contribution in [0.5, 0.6) is 0 Å². The maximum atomic E-state index is 12.1. The van der Waals surface area contributed by atoms with Gasteiger partial charge in [0, 0.05) is 12.0 Å². The molecule has 0 heterocycles. The van der Waals surface area contributed by atoms with Gasteiger partial charge >= 0.3 is 0 Å². The first-order valence-corrected chi connectivity index (χ1v) is 6.62. The number of carbonyl (C=O) groups is 1. The minimum atomic E-state index is -1.31. The molecule has 19 heavy (non-hydrogen) atoms. The van der Waals surface area contributed by atoms with E-state index >= 15 is 0 Å². The van der Waals surface area contributed by atoms with E-state index in [0.717, 1.165) is 5.57 Å². The second-order valence-electron chi connectivity index (χ2n) is 5.86. The molecular formula is C15H24O4. The highest BCUT2D eigenvalue weighted by Crippen LogP contribution is 2.27. The minimum Gasteiger partial charge on any atom is -0.390 e. The number of carbonyl (C=O) groups excluding carboxylic acids is 1. The third kappa shape index (κ3) is 4.00. The largest absolute Gasteiger partial charge is 0.390 e. The molecule has 0 radical (unpaired) electrons. The van der Waals surface area contributed by atoms with Crippen molar-refractivity contribution in [1.82, 2.24) is 0 Å². The first kappa shape index (κ1) is 16.1. The van der Waals surface area contributed by atoms with Gasteiger partial charge in [-0.05, 0) is 52.2 Å².